The summed E-state index contributed by atoms with van der Waals surface area (Å²) in [6, 6.07) is 13.0. The van der Waals surface area contributed by atoms with Crippen LogP contribution in [0.3, 0.4) is 0 Å². The van der Waals surface area contributed by atoms with Crippen molar-refractivity contribution in [1.29, 1.82) is 0 Å². The zero-order valence-electron chi connectivity index (χ0n) is 19.1. The number of amides is 1. The average Bonchev–Trinajstić information content (AvgIpc) is 3.52. The Bertz CT molecular complexity index is 1320. The lowest BCUT2D eigenvalue weighted by atomic mass is 10.2. The van der Waals surface area contributed by atoms with E-state index >= 15 is 0 Å². The highest BCUT2D eigenvalue weighted by atomic mass is 32.1. The first-order valence-electron chi connectivity index (χ1n) is 10.7. The molecule has 0 aliphatic carbocycles. The van der Waals surface area contributed by atoms with Crippen LogP contribution in [0.5, 0.6) is 5.75 Å². The largest absolute Gasteiger partial charge is 0.495 e. The molecule has 0 spiro atoms. The topological polar surface area (TPSA) is 94.8 Å². The van der Waals surface area contributed by atoms with Crippen molar-refractivity contribution in [3.63, 3.8) is 0 Å². The number of aromatic nitrogens is 2. The van der Waals surface area contributed by atoms with E-state index in [1.807, 2.05) is 6.07 Å². The van der Waals surface area contributed by atoms with Crippen molar-refractivity contribution in [2.75, 3.05) is 12.0 Å². The first-order valence-corrected chi connectivity index (χ1v) is 11.6. The Morgan fingerprint density at radius 2 is 1.91 bits per heavy atom. The zero-order chi connectivity index (χ0) is 24.8. The van der Waals surface area contributed by atoms with Gasteiger partial charge in [0.05, 0.1) is 31.1 Å². The molecule has 0 saturated carbocycles. The Morgan fingerprint density at radius 3 is 2.66 bits per heavy atom. The van der Waals surface area contributed by atoms with Crippen molar-refractivity contribution in [3.05, 3.63) is 77.5 Å². The molecule has 0 atom stereocenters. The lowest BCUT2D eigenvalue weighted by molar-refractivity contribution is -0.145. The number of hydrogen-bond acceptors (Lipinski definition) is 8. The number of esters is 1. The van der Waals surface area contributed by atoms with Crippen molar-refractivity contribution < 1.29 is 27.9 Å². The van der Waals surface area contributed by atoms with Crippen LogP contribution in [0, 0.1) is 5.82 Å². The summed E-state index contributed by atoms with van der Waals surface area (Å²) in [6.07, 6.45) is 1.86. The quantitative estimate of drug-likeness (QED) is 0.291. The number of para-hydroxylation sites is 2. The second-order valence-corrected chi connectivity index (χ2v) is 8.27. The highest BCUT2D eigenvalue weighted by Gasteiger charge is 2.21. The molecular formula is C25H22FN3O5S. The van der Waals surface area contributed by atoms with Crippen LogP contribution in [-0.2, 0) is 27.4 Å². The van der Waals surface area contributed by atoms with Crippen LogP contribution < -0.4 is 9.64 Å². The van der Waals surface area contributed by atoms with E-state index in [-0.39, 0.29) is 31.2 Å². The maximum absolute atomic E-state index is 13.1. The van der Waals surface area contributed by atoms with Gasteiger partial charge in [-0.25, -0.2) is 14.4 Å². The minimum atomic E-state index is -0.436. The molecule has 0 aliphatic rings. The molecular weight excluding hydrogens is 473 g/mol. The number of benzene rings is 2. The van der Waals surface area contributed by atoms with Crippen molar-refractivity contribution in [2.45, 2.75) is 26.4 Å². The number of carbonyl (C=O) groups is 2. The number of nitrogens with zero attached hydrogens (tertiary/aromatic N) is 3. The Labute approximate surface area is 205 Å². The Hall–Kier alpha value is -4.05. The van der Waals surface area contributed by atoms with E-state index in [4.69, 9.17) is 13.9 Å². The number of thiazole rings is 1. The van der Waals surface area contributed by atoms with Crippen LogP contribution in [-0.4, -0.2) is 29.0 Å². The number of hydrogen-bond donors (Lipinski definition) is 0. The summed E-state index contributed by atoms with van der Waals surface area (Å²) < 4.78 is 29.4. The number of carbonyl (C=O) groups excluding carboxylic acids is 2. The molecule has 0 saturated heterocycles. The predicted molar refractivity (Wildman–Crippen MR) is 128 cm³/mol. The van der Waals surface area contributed by atoms with E-state index < -0.39 is 5.97 Å². The van der Waals surface area contributed by atoms with Gasteiger partial charge in [0.25, 0.3) is 0 Å². The van der Waals surface area contributed by atoms with Crippen LogP contribution in [0.2, 0.25) is 0 Å². The summed E-state index contributed by atoms with van der Waals surface area (Å²) in [5, 5.41) is 2.18. The van der Waals surface area contributed by atoms with E-state index in [0.717, 1.165) is 0 Å². The molecule has 10 heteroatoms. The number of rotatable bonds is 9. The first-order chi connectivity index (χ1) is 16.9. The SMILES string of the molecule is COc1ccccc1N(C(C)=O)c1nc(COC(=O)CCc2ncc(-c3ccc(F)cc3)o2)cs1. The molecule has 1 amide bonds. The minimum absolute atomic E-state index is 0.0284. The van der Waals surface area contributed by atoms with Gasteiger partial charge in [0.15, 0.2) is 16.8 Å². The number of aryl methyl sites for hydroxylation is 1. The first kappa shape index (κ1) is 24.1. The molecule has 2 aromatic heterocycles. The molecule has 2 heterocycles. The molecule has 0 bridgehead atoms. The maximum atomic E-state index is 13.1. The third kappa shape index (κ3) is 5.90. The predicted octanol–water partition coefficient (Wildman–Crippen LogP) is 5.31. The highest BCUT2D eigenvalue weighted by molar-refractivity contribution is 7.14. The summed E-state index contributed by atoms with van der Waals surface area (Å²) in [5.41, 5.74) is 1.79. The van der Waals surface area contributed by atoms with Crippen LogP contribution in [0.4, 0.5) is 15.2 Å². The van der Waals surface area contributed by atoms with Gasteiger partial charge in [0.2, 0.25) is 5.91 Å². The monoisotopic (exact) mass is 495 g/mol. The molecule has 0 radical (unpaired) electrons. The zero-order valence-corrected chi connectivity index (χ0v) is 19.9. The normalized spacial score (nSPS) is 10.7. The Morgan fingerprint density at radius 1 is 1.14 bits per heavy atom. The van der Waals surface area contributed by atoms with Gasteiger partial charge in [-0.05, 0) is 36.4 Å². The van der Waals surface area contributed by atoms with Crippen LogP contribution in [0.1, 0.15) is 24.9 Å². The van der Waals surface area contributed by atoms with E-state index in [2.05, 4.69) is 9.97 Å². The van der Waals surface area contributed by atoms with Gasteiger partial charge < -0.3 is 13.9 Å². The molecule has 0 unspecified atom stereocenters. The lowest BCUT2D eigenvalue weighted by Gasteiger charge is -2.20. The molecule has 4 rings (SSSR count). The number of ether oxygens (including phenoxy) is 2. The molecule has 0 aliphatic heterocycles. The van der Waals surface area contributed by atoms with Gasteiger partial charge in [-0.15, -0.1) is 11.3 Å². The fourth-order valence-electron chi connectivity index (χ4n) is 3.30. The van der Waals surface area contributed by atoms with E-state index in [1.54, 1.807) is 35.7 Å². The minimum Gasteiger partial charge on any atom is -0.495 e. The average molecular weight is 496 g/mol. The Kier molecular flexibility index (Phi) is 7.51. The van der Waals surface area contributed by atoms with E-state index in [0.29, 0.717) is 39.5 Å². The lowest BCUT2D eigenvalue weighted by Crippen LogP contribution is -2.23. The molecule has 4 aromatic rings. The number of oxazole rings is 1. The van der Waals surface area contributed by atoms with Crippen molar-refractivity contribution in [3.8, 4) is 17.1 Å². The van der Waals surface area contributed by atoms with Crippen molar-refractivity contribution in [2.24, 2.45) is 0 Å². The standard InChI is InChI=1S/C25H22FN3O5S/c1-16(30)29(20-5-3-4-6-21(20)32-2)25-28-19(15-35-25)14-33-24(31)12-11-23-27-13-22(34-23)17-7-9-18(26)10-8-17/h3-10,13,15H,11-12,14H2,1-2H3. The fourth-order valence-corrected chi connectivity index (χ4v) is 4.16. The second-order valence-electron chi connectivity index (χ2n) is 7.43. The summed E-state index contributed by atoms with van der Waals surface area (Å²) in [6.45, 7) is 1.41. The molecule has 0 N–H and O–H groups in total. The smallest absolute Gasteiger partial charge is 0.306 e. The van der Waals surface area contributed by atoms with Crippen LogP contribution >= 0.6 is 11.3 Å². The van der Waals surface area contributed by atoms with Gasteiger partial charge in [-0.3, -0.25) is 14.5 Å². The summed E-state index contributed by atoms with van der Waals surface area (Å²) in [4.78, 5) is 34.6. The van der Waals surface area contributed by atoms with Crippen LogP contribution in [0.25, 0.3) is 11.3 Å². The number of halogens is 1. The van der Waals surface area contributed by atoms with Gasteiger partial charge in [-0.2, -0.15) is 0 Å². The highest BCUT2D eigenvalue weighted by Crippen LogP contribution is 2.35. The molecule has 0 fully saturated rings. The summed E-state index contributed by atoms with van der Waals surface area (Å²) in [7, 11) is 1.53. The van der Waals surface area contributed by atoms with E-state index in [9.17, 15) is 14.0 Å². The molecule has 2 aromatic carbocycles. The molecule has 8 nitrogen and oxygen atoms in total. The van der Waals surface area contributed by atoms with Gasteiger partial charge in [0, 0.05) is 24.3 Å². The second kappa shape index (κ2) is 10.9. The molecule has 35 heavy (non-hydrogen) atoms. The van der Waals surface area contributed by atoms with Crippen molar-refractivity contribution in [1.82, 2.24) is 9.97 Å². The fraction of sp³-hybridized carbons (Fsp3) is 0.200. The number of anilines is 2. The van der Waals surface area contributed by atoms with Crippen molar-refractivity contribution >= 4 is 34.0 Å². The summed E-state index contributed by atoms with van der Waals surface area (Å²) >= 11 is 1.26. The summed E-state index contributed by atoms with van der Waals surface area (Å²) in [5.74, 6) is 0.421. The van der Waals surface area contributed by atoms with Gasteiger partial charge >= 0.3 is 5.97 Å². The third-order valence-electron chi connectivity index (χ3n) is 4.98. The van der Waals surface area contributed by atoms with Crippen LogP contribution in [0.15, 0.2) is 64.5 Å². The van der Waals surface area contributed by atoms with Gasteiger partial charge in [0.1, 0.15) is 18.2 Å². The third-order valence-corrected chi connectivity index (χ3v) is 5.85. The van der Waals surface area contributed by atoms with E-state index in [1.165, 1.54) is 48.6 Å². The molecule has 180 valence electrons. The maximum Gasteiger partial charge on any atom is 0.306 e. The Balaban J connectivity index is 1.32. The number of methoxy groups -OCH3 is 1. The van der Waals surface area contributed by atoms with Gasteiger partial charge in [-0.1, -0.05) is 12.1 Å².